The standard InChI is InChI=1S/C18H18F3N3O2/c1-12-4-6-13(7-5-12)16(25)24-10-2-3-14(11-24)26-17-22-9-8-15(23-17)18(19,20)21/h4-9,14H,2-3,10-11H2,1H3. The van der Waals surface area contributed by atoms with Crippen LogP contribution in [-0.2, 0) is 6.18 Å². The van der Waals surface area contributed by atoms with Crippen LogP contribution in [0.1, 0.15) is 34.5 Å². The summed E-state index contributed by atoms with van der Waals surface area (Å²) in [7, 11) is 0. The highest BCUT2D eigenvalue weighted by molar-refractivity contribution is 5.94. The van der Waals surface area contributed by atoms with Gasteiger partial charge in [0.15, 0.2) is 5.69 Å². The molecule has 0 saturated carbocycles. The number of rotatable bonds is 3. The van der Waals surface area contributed by atoms with Crippen molar-refractivity contribution >= 4 is 5.91 Å². The topological polar surface area (TPSA) is 55.3 Å². The zero-order chi connectivity index (χ0) is 18.7. The van der Waals surface area contributed by atoms with Crippen molar-refractivity contribution in [3.05, 3.63) is 53.3 Å². The number of amides is 1. The van der Waals surface area contributed by atoms with Crippen LogP contribution in [0.5, 0.6) is 6.01 Å². The van der Waals surface area contributed by atoms with E-state index in [1.165, 1.54) is 0 Å². The minimum atomic E-state index is -4.55. The highest BCUT2D eigenvalue weighted by atomic mass is 19.4. The maximum atomic E-state index is 12.7. The number of carbonyl (C=O) groups excluding carboxylic acids is 1. The molecule has 0 N–H and O–H groups in total. The van der Waals surface area contributed by atoms with Crippen LogP contribution in [0, 0.1) is 6.92 Å². The van der Waals surface area contributed by atoms with Crippen LogP contribution in [0.4, 0.5) is 13.2 Å². The summed E-state index contributed by atoms with van der Waals surface area (Å²) >= 11 is 0. The lowest BCUT2D eigenvalue weighted by molar-refractivity contribution is -0.141. The van der Waals surface area contributed by atoms with Gasteiger partial charge >= 0.3 is 12.2 Å². The molecule has 1 atom stereocenters. The van der Waals surface area contributed by atoms with E-state index in [1.807, 2.05) is 19.1 Å². The molecule has 1 aromatic carbocycles. The van der Waals surface area contributed by atoms with Crippen molar-refractivity contribution in [2.24, 2.45) is 0 Å². The highest BCUT2D eigenvalue weighted by Gasteiger charge is 2.33. The van der Waals surface area contributed by atoms with E-state index in [-0.39, 0.29) is 18.5 Å². The normalized spacial score (nSPS) is 17.8. The lowest BCUT2D eigenvalue weighted by Gasteiger charge is -2.32. The molecule has 138 valence electrons. The number of hydrogen-bond acceptors (Lipinski definition) is 4. The Bertz CT molecular complexity index is 778. The number of nitrogens with zero attached hydrogens (tertiary/aromatic N) is 3. The summed E-state index contributed by atoms with van der Waals surface area (Å²) in [6.07, 6.45) is -2.66. The molecule has 0 radical (unpaired) electrons. The Kier molecular flexibility index (Phi) is 5.11. The smallest absolute Gasteiger partial charge is 0.433 e. The fourth-order valence-corrected chi connectivity index (χ4v) is 2.80. The Morgan fingerprint density at radius 2 is 1.96 bits per heavy atom. The van der Waals surface area contributed by atoms with Crippen molar-refractivity contribution in [3.8, 4) is 6.01 Å². The summed E-state index contributed by atoms with van der Waals surface area (Å²) < 4.78 is 43.7. The first-order chi connectivity index (χ1) is 12.3. The minimum Gasteiger partial charge on any atom is -0.458 e. The lowest BCUT2D eigenvalue weighted by atomic mass is 10.1. The number of aryl methyl sites for hydroxylation is 1. The van der Waals surface area contributed by atoms with E-state index in [9.17, 15) is 18.0 Å². The Hall–Kier alpha value is -2.64. The molecule has 0 aliphatic carbocycles. The van der Waals surface area contributed by atoms with E-state index in [4.69, 9.17) is 4.74 Å². The summed E-state index contributed by atoms with van der Waals surface area (Å²) in [5.74, 6) is -0.122. The fourth-order valence-electron chi connectivity index (χ4n) is 2.80. The van der Waals surface area contributed by atoms with Gasteiger partial charge in [-0.2, -0.15) is 18.2 Å². The minimum absolute atomic E-state index is 0.122. The maximum absolute atomic E-state index is 12.7. The zero-order valence-electron chi connectivity index (χ0n) is 14.2. The number of alkyl halides is 3. The number of aromatic nitrogens is 2. The van der Waals surface area contributed by atoms with Crippen LogP contribution in [0.25, 0.3) is 0 Å². The third-order valence-corrected chi connectivity index (χ3v) is 4.16. The maximum Gasteiger partial charge on any atom is 0.433 e. The highest BCUT2D eigenvalue weighted by Crippen LogP contribution is 2.28. The molecule has 2 aromatic rings. The van der Waals surface area contributed by atoms with Gasteiger partial charge in [-0.3, -0.25) is 4.79 Å². The van der Waals surface area contributed by atoms with Crippen molar-refractivity contribution in [1.29, 1.82) is 0 Å². The third-order valence-electron chi connectivity index (χ3n) is 4.16. The molecule has 8 heteroatoms. The summed E-state index contributed by atoms with van der Waals surface area (Å²) in [6, 6.07) is 7.72. The average Bonchev–Trinajstić information content (AvgIpc) is 2.61. The zero-order valence-corrected chi connectivity index (χ0v) is 14.2. The van der Waals surface area contributed by atoms with Crippen molar-refractivity contribution in [1.82, 2.24) is 14.9 Å². The van der Waals surface area contributed by atoms with E-state index in [1.54, 1.807) is 17.0 Å². The van der Waals surface area contributed by atoms with Gasteiger partial charge in [-0.25, -0.2) is 4.98 Å². The Morgan fingerprint density at radius 1 is 1.23 bits per heavy atom. The van der Waals surface area contributed by atoms with E-state index < -0.39 is 18.0 Å². The first kappa shape index (κ1) is 18.2. The Labute approximate surface area is 148 Å². The average molecular weight is 365 g/mol. The second-order valence-electron chi connectivity index (χ2n) is 6.22. The van der Waals surface area contributed by atoms with Gasteiger partial charge in [-0.15, -0.1) is 0 Å². The van der Waals surface area contributed by atoms with Crippen LogP contribution >= 0.6 is 0 Å². The molecule has 1 saturated heterocycles. The molecular weight excluding hydrogens is 347 g/mol. The number of halogens is 3. The molecule has 1 fully saturated rings. The second-order valence-corrected chi connectivity index (χ2v) is 6.22. The number of piperidine rings is 1. The number of benzene rings is 1. The molecule has 1 amide bonds. The monoisotopic (exact) mass is 365 g/mol. The van der Waals surface area contributed by atoms with Crippen molar-refractivity contribution in [2.45, 2.75) is 32.0 Å². The van der Waals surface area contributed by atoms with Crippen LogP contribution in [0.2, 0.25) is 0 Å². The van der Waals surface area contributed by atoms with Crippen LogP contribution in [-0.4, -0.2) is 40.0 Å². The van der Waals surface area contributed by atoms with E-state index in [0.29, 0.717) is 24.9 Å². The van der Waals surface area contributed by atoms with Gasteiger partial charge < -0.3 is 9.64 Å². The summed E-state index contributed by atoms with van der Waals surface area (Å²) in [5.41, 5.74) is 0.584. The van der Waals surface area contributed by atoms with Gasteiger partial charge in [0.2, 0.25) is 0 Å². The van der Waals surface area contributed by atoms with Gasteiger partial charge in [0.25, 0.3) is 5.91 Å². The predicted octanol–water partition coefficient (Wildman–Crippen LogP) is 3.49. The van der Waals surface area contributed by atoms with Crippen molar-refractivity contribution in [3.63, 3.8) is 0 Å². The van der Waals surface area contributed by atoms with Gasteiger partial charge in [-0.1, -0.05) is 17.7 Å². The summed E-state index contributed by atoms with van der Waals surface area (Å²) in [4.78, 5) is 21.4. The van der Waals surface area contributed by atoms with Gasteiger partial charge in [-0.05, 0) is 38.0 Å². The molecule has 0 bridgehead atoms. The molecule has 26 heavy (non-hydrogen) atoms. The predicted molar refractivity (Wildman–Crippen MR) is 87.8 cm³/mol. The number of carbonyl (C=O) groups is 1. The van der Waals surface area contributed by atoms with Crippen LogP contribution < -0.4 is 4.74 Å². The molecule has 1 aliphatic rings. The van der Waals surface area contributed by atoms with E-state index in [2.05, 4.69) is 9.97 Å². The molecular formula is C18H18F3N3O2. The first-order valence-corrected chi connectivity index (χ1v) is 8.26. The second kappa shape index (κ2) is 7.31. The number of hydrogen-bond donors (Lipinski definition) is 0. The third kappa shape index (κ3) is 4.30. The molecule has 1 aromatic heterocycles. The van der Waals surface area contributed by atoms with Crippen molar-refractivity contribution in [2.75, 3.05) is 13.1 Å². The Balaban J connectivity index is 1.67. The van der Waals surface area contributed by atoms with Gasteiger partial charge in [0, 0.05) is 18.3 Å². The molecule has 3 rings (SSSR count). The number of ether oxygens (including phenoxy) is 1. The summed E-state index contributed by atoms with van der Waals surface area (Å²) in [5, 5.41) is 0. The van der Waals surface area contributed by atoms with Gasteiger partial charge in [0.1, 0.15) is 6.10 Å². The largest absolute Gasteiger partial charge is 0.458 e. The SMILES string of the molecule is Cc1ccc(C(=O)N2CCCC(Oc3nccc(C(F)(F)F)n3)C2)cc1. The molecule has 0 spiro atoms. The van der Waals surface area contributed by atoms with Crippen LogP contribution in [0.15, 0.2) is 36.5 Å². The number of likely N-dealkylation sites (tertiary alicyclic amines) is 1. The Morgan fingerprint density at radius 3 is 2.65 bits per heavy atom. The first-order valence-electron chi connectivity index (χ1n) is 8.26. The molecule has 1 unspecified atom stereocenters. The molecule has 1 aliphatic heterocycles. The lowest BCUT2D eigenvalue weighted by Crippen LogP contribution is -2.44. The summed E-state index contributed by atoms with van der Waals surface area (Å²) in [6.45, 7) is 2.80. The van der Waals surface area contributed by atoms with E-state index in [0.717, 1.165) is 17.8 Å². The fraction of sp³-hybridized carbons (Fsp3) is 0.389. The van der Waals surface area contributed by atoms with E-state index >= 15 is 0 Å². The van der Waals surface area contributed by atoms with Crippen LogP contribution in [0.3, 0.4) is 0 Å². The molecule has 2 heterocycles. The van der Waals surface area contributed by atoms with Gasteiger partial charge in [0.05, 0.1) is 6.54 Å². The molecule has 5 nitrogen and oxygen atoms in total. The quantitative estimate of drug-likeness (QED) is 0.836. The van der Waals surface area contributed by atoms with Crippen molar-refractivity contribution < 1.29 is 22.7 Å².